The number of nitrogens with one attached hydrogen (secondary N) is 4. The number of anilines is 2. The molecule has 0 aliphatic rings. The van der Waals surface area contributed by atoms with Crippen molar-refractivity contribution in [2.45, 2.75) is 122 Å². The maximum atomic E-state index is 13.8. The molecule has 0 fully saturated rings. The molecule has 101 heavy (non-hydrogen) atoms. The zero-order valence-electron chi connectivity index (χ0n) is 56.8. The summed E-state index contributed by atoms with van der Waals surface area (Å²) in [6.45, 7) is 5.04. The van der Waals surface area contributed by atoms with Gasteiger partial charge in [0.05, 0.1) is 44.8 Å². The Morgan fingerprint density at radius 1 is 0.436 bits per heavy atom. The standard InChI is InChI=1S/C79H83FN4O17/c1-5-7-9-11-13-43-97-61-36-24-56(25-37-61)78(93)100-63-32-15-51(16-33-63)44-69(77(91)92)84-75(88)55-22-30-60(31-23-55)82-73(86)49-58-48-65(40-42-70(58)95-3)98-50-66(14-12-10-8-6-2)99-62-38-26-57(27-39-62)79(94)101-64-34-17-52(18-35-64)45-68(76(89)90)83-74(87)54-20-28-59(29-21-54)81-72(85)47-53-19-41-67(80)71(46-53)96-4/h15-42,46,48,66,68-69H,5-14,43-45,47,49-50H2,1-4H3,(H,81,85)(H,82,86)(H,83,87)(H,84,88)(H,89,90)(H,91,92). The van der Waals surface area contributed by atoms with E-state index in [-0.39, 0.29) is 72.1 Å². The molecule has 22 heteroatoms. The Hall–Kier alpha value is -11.6. The molecule has 0 radical (unpaired) electrons. The van der Waals surface area contributed by atoms with E-state index in [9.17, 15) is 53.0 Å². The summed E-state index contributed by atoms with van der Waals surface area (Å²) in [5, 5.41) is 30.7. The maximum Gasteiger partial charge on any atom is 0.343 e. The fraction of sp³-hybridized carbons (Fsp3) is 0.291. The molecule has 0 heterocycles. The van der Waals surface area contributed by atoms with E-state index in [4.69, 9.17) is 33.2 Å². The Bertz CT molecular complexity index is 4080. The van der Waals surface area contributed by atoms with Crippen molar-refractivity contribution in [2.75, 3.05) is 38.1 Å². The minimum absolute atomic E-state index is 0.0126. The highest BCUT2D eigenvalue weighted by atomic mass is 19.1. The van der Waals surface area contributed by atoms with Crippen LogP contribution in [0.3, 0.4) is 0 Å². The average molecular weight is 1380 g/mol. The van der Waals surface area contributed by atoms with Crippen LogP contribution in [0.1, 0.15) is 142 Å². The van der Waals surface area contributed by atoms with Crippen LogP contribution in [0.4, 0.5) is 15.8 Å². The molecule has 8 aromatic carbocycles. The minimum atomic E-state index is -1.31. The molecule has 0 aromatic heterocycles. The summed E-state index contributed by atoms with van der Waals surface area (Å²) < 4.78 is 54.1. The van der Waals surface area contributed by atoms with Gasteiger partial charge in [-0.3, -0.25) is 19.2 Å². The topological polar surface area (TPSA) is 290 Å². The van der Waals surface area contributed by atoms with Crippen LogP contribution >= 0.6 is 0 Å². The zero-order valence-corrected chi connectivity index (χ0v) is 56.8. The quantitative estimate of drug-likeness (QED) is 0.0119. The number of carboxylic acid groups (broad SMARTS) is 2. The molecule has 528 valence electrons. The van der Waals surface area contributed by atoms with Gasteiger partial charge in [0.2, 0.25) is 11.8 Å². The number of hydrogen-bond donors (Lipinski definition) is 6. The van der Waals surface area contributed by atoms with E-state index in [1.165, 1.54) is 112 Å². The number of rotatable bonds is 39. The van der Waals surface area contributed by atoms with Crippen LogP contribution in [0.15, 0.2) is 182 Å². The van der Waals surface area contributed by atoms with Gasteiger partial charge in [0.15, 0.2) is 11.6 Å². The molecule has 3 unspecified atom stereocenters. The largest absolute Gasteiger partial charge is 0.496 e. The monoisotopic (exact) mass is 1380 g/mol. The van der Waals surface area contributed by atoms with E-state index >= 15 is 0 Å². The number of unbranched alkanes of at least 4 members (excludes halogenated alkanes) is 7. The number of halogens is 1. The lowest BCUT2D eigenvalue weighted by Gasteiger charge is -2.20. The smallest absolute Gasteiger partial charge is 0.343 e. The second-order valence-corrected chi connectivity index (χ2v) is 24.0. The Labute approximate surface area is 585 Å². The fourth-order valence-corrected chi connectivity index (χ4v) is 10.7. The molecular weight excluding hydrogens is 1300 g/mol. The predicted octanol–water partition coefficient (Wildman–Crippen LogP) is 13.6. The zero-order chi connectivity index (χ0) is 72.0. The van der Waals surface area contributed by atoms with E-state index < -0.39 is 65.6 Å². The third kappa shape index (κ3) is 24.1. The third-order valence-electron chi connectivity index (χ3n) is 16.2. The first kappa shape index (κ1) is 75.2. The van der Waals surface area contributed by atoms with E-state index in [2.05, 4.69) is 35.1 Å². The molecule has 8 aromatic rings. The van der Waals surface area contributed by atoms with Gasteiger partial charge in [-0.15, -0.1) is 0 Å². The number of esters is 2. The fourth-order valence-electron chi connectivity index (χ4n) is 10.7. The second kappa shape index (κ2) is 38.6. The third-order valence-corrected chi connectivity index (χ3v) is 16.2. The van der Waals surface area contributed by atoms with Crippen molar-refractivity contribution in [1.82, 2.24) is 10.6 Å². The number of ether oxygens (including phenoxy) is 7. The van der Waals surface area contributed by atoms with Crippen molar-refractivity contribution < 1.29 is 86.1 Å². The van der Waals surface area contributed by atoms with Crippen molar-refractivity contribution in [3.8, 4) is 40.2 Å². The first-order valence-corrected chi connectivity index (χ1v) is 33.5. The van der Waals surface area contributed by atoms with Crippen molar-refractivity contribution in [3.63, 3.8) is 0 Å². The molecule has 4 amide bonds. The lowest BCUT2D eigenvalue weighted by Crippen LogP contribution is -2.42. The van der Waals surface area contributed by atoms with Crippen LogP contribution in [-0.2, 0) is 44.9 Å². The molecule has 21 nitrogen and oxygen atoms in total. The van der Waals surface area contributed by atoms with Gasteiger partial charge in [0.1, 0.15) is 59.3 Å². The number of carboxylic acids is 2. The van der Waals surface area contributed by atoms with Crippen LogP contribution in [-0.4, -0.2) is 103 Å². The number of hydrogen-bond acceptors (Lipinski definition) is 15. The highest BCUT2D eigenvalue weighted by Crippen LogP contribution is 2.28. The normalized spacial score (nSPS) is 11.7. The van der Waals surface area contributed by atoms with Crippen molar-refractivity contribution in [2.24, 2.45) is 0 Å². The Morgan fingerprint density at radius 2 is 0.881 bits per heavy atom. The van der Waals surface area contributed by atoms with Crippen LogP contribution in [0.25, 0.3) is 0 Å². The summed E-state index contributed by atoms with van der Waals surface area (Å²) in [5.74, 6) is -3.84. The van der Waals surface area contributed by atoms with Gasteiger partial charge < -0.3 is 64.6 Å². The summed E-state index contributed by atoms with van der Waals surface area (Å²) in [6.07, 6.45) is 9.49. The maximum absolute atomic E-state index is 13.8. The Morgan fingerprint density at radius 3 is 1.38 bits per heavy atom. The molecular formula is C79H83FN4O17. The molecule has 0 aliphatic heterocycles. The minimum Gasteiger partial charge on any atom is -0.496 e. The van der Waals surface area contributed by atoms with Crippen molar-refractivity contribution in [1.29, 1.82) is 0 Å². The summed E-state index contributed by atoms with van der Waals surface area (Å²) in [4.78, 5) is 103. The number of benzene rings is 8. The van der Waals surface area contributed by atoms with Gasteiger partial charge in [-0.2, -0.15) is 0 Å². The van der Waals surface area contributed by atoms with Crippen LogP contribution in [0.2, 0.25) is 0 Å². The number of carbonyl (C=O) groups excluding carboxylic acids is 6. The summed E-state index contributed by atoms with van der Waals surface area (Å²) in [7, 11) is 2.82. The molecule has 0 saturated carbocycles. The molecule has 6 N–H and O–H groups in total. The number of amides is 4. The van der Waals surface area contributed by atoms with E-state index in [1.807, 2.05) is 0 Å². The molecule has 0 saturated heterocycles. The first-order valence-electron chi connectivity index (χ1n) is 33.5. The Kier molecular flexibility index (Phi) is 28.7. The van der Waals surface area contributed by atoms with E-state index in [0.717, 1.165) is 38.5 Å². The van der Waals surface area contributed by atoms with Crippen LogP contribution in [0.5, 0.6) is 40.2 Å². The molecule has 3 atom stereocenters. The van der Waals surface area contributed by atoms with E-state index in [0.29, 0.717) is 75.2 Å². The second-order valence-electron chi connectivity index (χ2n) is 24.0. The summed E-state index contributed by atoms with van der Waals surface area (Å²) in [5.41, 5.74) is 3.84. The van der Waals surface area contributed by atoms with Gasteiger partial charge in [0.25, 0.3) is 11.8 Å². The van der Waals surface area contributed by atoms with Crippen molar-refractivity contribution >= 4 is 58.9 Å². The van der Waals surface area contributed by atoms with Crippen LogP contribution < -0.4 is 54.4 Å². The molecule has 8 rings (SSSR count). The SMILES string of the molecule is CCCCCCCOc1ccc(C(=O)Oc2ccc(CC(NC(=O)c3ccc(NC(=O)Cc4cc(OCC(CCCCCC)Oc5ccc(C(=O)Oc6ccc(CC(NC(=O)c7ccc(NC(=O)Cc8ccc(F)c(OC)c8)cc7)C(=O)O)cc6)cc5)ccc4OC)cc3)C(=O)O)cc2)cc1. The Balaban J connectivity index is 0.775. The van der Waals surface area contributed by atoms with E-state index in [1.54, 1.807) is 103 Å². The lowest BCUT2D eigenvalue weighted by molar-refractivity contribution is -0.140. The molecule has 0 aliphatic carbocycles. The number of methoxy groups -OCH3 is 2. The van der Waals surface area contributed by atoms with Gasteiger partial charge in [-0.25, -0.2) is 23.6 Å². The number of carbonyl (C=O) groups is 8. The number of aliphatic carboxylic acids is 2. The molecule has 0 spiro atoms. The highest BCUT2D eigenvalue weighted by Gasteiger charge is 2.25. The predicted molar refractivity (Wildman–Crippen MR) is 377 cm³/mol. The van der Waals surface area contributed by atoms with Crippen molar-refractivity contribution in [3.05, 3.63) is 232 Å². The van der Waals surface area contributed by atoms with Gasteiger partial charge in [-0.1, -0.05) is 89.1 Å². The van der Waals surface area contributed by atoms with Gasteiger partial charge in [-0.05, 0) is 188 Å². The van der Waals surface area contributed by atoms with Gasteiger partial charge >= 0.3 is 23.9 Å². The van der Waals surface area contributed by atoms with Gasteiger partial charge in [0, 0.05) is 40.9 Å². The summed E-state index contributed by atoms with van der Waals surface area (Å²) in [6, 6.07) is 44.3. The highest BCUT2D eigenvalue weighted by molar-refractivity contribution is 5.99. The summed E-state index contributed by atoms with van der Waals surface area (Å²) >= 11 is 0. The average Bonchev–Trinajstić information content (AvgIpc) is 0.889. The molecule has 0 bridgehead atoms. The van der Waals surface area contributed by atoms with Crippen LogP contribution in [0, 0.1) is 5.82 Å². The lowest BCUT2D eigenvalue weighted by atomic mass is 10.0. The first-order chi connectivity index (χ1) is 48.8.